The number of rotatable bonds is 3. The predicted molar refractivity (Wildman–Crippen MR) is 44.0 cm³/mol. The van der Waals surface area contributed by atoms with E-state index in [4.69, 9.17) is 24.5 Å². The van der Waals surface area contributed by atoms with Gasteiger partial charge in [0.25, 0.3) is 0 Å². The van der Waals surface area contributed by atoms with E-state index in [1.54, 1.807) is 0 Å². The van der Waals surface area contributed by atoms with E-state index in [-0.39, 0.29) is 0 Å². The molecule has 0 aromatic carbocycles. The topological polar surface area (TPSA) is 102 Å². The Morgan fingerprint density at radius 1 is 1.33 bits per heavy atom. The highest BCUT2D eigenvalue weighted by Gasteiger charge is 2.00. The Kier molecular flexibility index (Phi) is 10.2. The van der Waals surface area contributed by atoms with Gasteiger partial charge in [-0.05, 0) is 6.42 Å². The standard InChI is InChI=1S/C6H11N.H3O4P/c1-2-3-4-5-6-7;1-5(2,3)4/h2-5H2,1H3;(H3,1,2,3,4). The second-order valence-electron chi connectivity index (χ2n) is 2.13. The monoisotopic (exact) mass is 195 g/mol. The van der Waals surface area contributed by atoms with E-state index >= 15 is 0 Å². The van der Waals surface area contributed by atoms with Gasteiger partial charge in [-0.3, -0.25) is 0 Å². The van der Waals surface area contributed by atoms with E-state index < -0.39 is 7.82 Å². The van der Waals surface area contributed by atoms with Gasteiger partial charge in [0.2, 0.25) is 0 Å². The molecule has 0 spiro atoms. The van der Waals surface area contributed by atoms with Crippen molar-refractivity contribution in [3.05, 3.63) is 0 Å². The van der Waals surface area contributed by atoms with Crippen LogP contribution in [0.15, 0.2) is 0 Å². The molecule has 0 rings (SSSR count). The van der Waals surface area contributed by atoms with Crippen molar-refractivity contribution in [2.45, 2.75) is 32.6 Å². The molecule has 0 radical (unpaired) electrons. The number of nitriles is 1. The quantitative estimate of drug-likeness (QED) is 0.463. The maximum Gasteiger partial charge on any atom is 0.466 e. The summed E-state index contributed by atoms with van der Waals surface area (Å²) in [5, 5.41) is 8.04. The highest BCUT2D eigenvalue weighted by atomic mass is 31.2. The van der Waals surface area contributed by atoms with Crippen LogP contribution in [0.25, 0.3) is 0 Å². The summed E-state index contributed by atoms with van der Waals surface area (Å²) in [6, 6.07) is 2.10. The minimum atomic E-state index is -4.64. The van der Waals surface area contributed by atoms with Crippen LogP contribution >= 0.6 is 7.82 Å². The van der Waals surface area contributed by atoms with Gasteiger partial charge in [0.05, 0.1) is 6.07 Å². The Labute approximate surface area is 71.9 Å². The smallest absolute Gasteiger partial charge is 0.303 e. The van der Waals surface area contributed by atoms with Gasteiger partial charge in [0.1, 0.15) is 0 Å². The van der Waals surface area contributed by atoms with Crippen molar-refractivity contribution in [3.63, 3.8) is 0 Å². The zero-order valence-electron chi connectivity index (χ0n) is 6.97. The molecule has 0 aromatic heterocycles. The van der Waals surface area contributed by atoms with Crippen LogP contribution in [0, 0.1) is 11.3 Å². The summed E-state index contributed by atoms with van der Waals surface area (Å²) < 4.78 is 8.88. The lowest BCUT2D eigenvalue weighted by atomic mass is 10.2. The molecule has 0 unspecified atom stereocenters. The summed E-state index contributed by atoms with van der Waals surface area (Å²) in [5.41, 5.74) is 0. The van der Waals surface area contributed by atoms with Gasteiger partial charge in [-0.25, -0.2) is 4.57 Å². The van der Waals surface area contributed by atoms with Crippen molar-refractivity contribution < 1.29 is 19.2 Å². The largest absolute Gasteiger partial charge is 0.466 e. The van der Waals surface area contributed by atoms with E-state index in [1.807, 2.05) is 0 Å². The number of hydrogen-bond donors (Lipinski definition) is 3. The summed E-state index contributed by atoms with van der Waals surface area (Å²) in [6.45, 7) is 2.14. The normalized spacial score (nSPS) is 9.58. The van der Waals surface area contributed by atoms with Gasteiger partial charge in [0.15, 0.2) is 0 Å². The summed E-state index contributed by atoms with van der Waals surface area (Å²) in [4.78, 5) is 21.6. The molecule has 12 heavy (non-hydrogen) atoms. The Morgan fingerprint density at radius 3 is 2.00 bits per heavy atom. The van der Waals surface area contributed by atoms with Gasteiger partial charge in [0, 0.05) is 6.42 Å². The van der Waals surface area contributed by atoms with E-state index in [0.29, 0.717) is 0 Å². The van der Waals surface area contributed by atoms with Crippen molar-refractivity contribution in [3.8, 4) is 6.07 Å². The number of unbranched alkanes of at least 4 members (excludes halogenated alkanes) is 3. The van der Waals surface area contributed by atoms with Crippen molar-refractivity contribution in [2.75, 3.05) is 0 Å². The SMILES string of the molecule is CCCCCC#N.O=P(O)(O)O. The molecule has 0 heterocycles. The Hall–Kier alpha value is -0.400. The van der Waals surface area contributed by atoms with E-state index in [9.17, 15) is 0 Å². The molecule has 0 aliphatic carbocycles. The van der Waals surface area contributed by atoms with Gasteiger partial charge < -0.3 is 14.7 Å². The van der Waals surface area contributed by atoms with Crippen molar-refractivity contribution in [1.29, 1.82) is 5.26 Å². The second kappa shape index (κ2) is 8.69. The molecule has 0 saturated heterocycles. The van der Waals surface area contributed by atoms with Gasteiger partial charge in [-0.1, -0.05) is 19.8 Å². The average Bonchev–Trinajstić information content (AvgIpc) is 1.85. The van der Waals surface area contributed by atoms with Gasteiger partial charge in [-0.2, -0.15) is 5.26 Å². The molecule has 0 fully saturated rings. The fraction of sp³-hybridized carbons (Fsp3) is 0.833. The second-order valence-corrected chi connectivity index (χ2v) is 3.16. The maximum absolute atomic E-state index is 8.88. The third-order valence-corrected chi connectivity index (χ3v) is 0.892. The van der Waals surface area contributed by atoms with Crippen LogP contribution in [0.3, 0.4) is 0 Å². The van der Waals surface area contributed by atoms with Crippen LogP contribution in [-0.2, 0) is 4.57 Å². The Morgan fingerprint density at radius 2 is 1.75 bits per heavy atom. The molecule has 0 amide bonds. The van der Waals surface area contributed by atoms with E-state index in [2.05, 4.69) is 13.0 Å². The summed E-state index contributed by atoms with van der Waals surface area (Å²) in [7, 11) is -4.64. The molecule has 0 bridgehead atoms. The van der Waals surface area contributed by atoms with E-state index in [0.717, 1.165) is 12.8 Å². The molecule has 0 saturated carbocycles. The molecule has 3 N–H and O–H groups in total. The molecule has 6 heteroatoms. The average molecular weight is 195 g/mol. The summed E-state index contributed by atoms with van der Waals surface area (Å²) >= 11 is 0. The number of phosphoric acid groups is 1. The fourth-order valence-electron chi connectivity index (χ4n) is 0.454. The van der Waals surface area contributed by atoms with Crippen molar-refractivity contribution in [2.24, 2.45) is 0 Å². The minimum absolute atomic E-state index is 0.730. The molecule has 0 aromatic rings. The third-order valence-electron chi connectivity index (χ3n) is 0.892. The fourth-order valence-corrected chi connectivity index (χ4v) is 0.454. The number of hydrogen-bond acceptors (Lipinski definition) is 2. The summed E-state index contributed by atoms with van der Waals surface area (Å²) in [6.07, 6.45) is 4.22. The zero-order valence-corrected chi connectivity index (χ0v) is 7.87. The highest BCUT2D eigenvalue weighted by Crippen LogP contribution is 2.25. The van der Waals surface area contributed by atoms with Crippen LogP contribution in [0.5, 0.6) is 0 Å². The van der Waals surface area contributed by atoms with Crippen LogP contribution in [0.4, 0.5) is 0 Å². The van der Waals surface area contributed by atoms with Crippen molar-refractivity contribution in [1.82, 2.24) is 0 Å². The first-order chi connectivity index (χ1) is 5.41. The molecule has 0 atom stereocenters. The van der Waals surface area contributed by atoms with Crippen LogP contribution in [0.2, 0.25) is 0 Å². The van der Waals surface area contributed by atoms with Crippen LogP contribution in [-0.4, -0.2) is 14.7 Å². The number of nitrogens with zero attached hydrogens (tertiary/aromatic N) is 1. The third kappa shape index (κ3) is 54.8. The molecule has 0 aliphatic heterocycles. The summed E-state index contributed by atoms with van der Waals surface area (Å²) in [5.74, 6) is 0. The van der Waals surface area contributed by atoms with E-state index in [1.165, 1.54) is 12.8 Å². The lowest BCUT2D eigenvalue weighted by molar-refractivity contribution is 0.275. The Bertz CT molecular complexity index is 163. The van der Waals surface area contributed by atoms with Gasteiger partial charge in [-0.15, -0.1) is 0 Å². The maximum atomic E-state index is 8.88. The first-order valence-electron chi connectivity index (χ1n) is 3.57. The molecule has 72 valence electrons. The van der Waals surface area contributed by atoms with Gasteiger partial charge >= 0.3 is 7.82 Å². The van der Waals surface area contributed by atoms with Crippen molar-refractivity contribution >= 4 is 7.82 Å². The van der Waals surface area contributed by atoms with Crippen LogP contribution < -0.4 is 0 Å². The molecular weight excluding hydrogens is 181 g/mol. The molecule has 5 nitrogen and oxygen atoms in total. The zero-order chi connectivity index (χ0) is 10.0. The lowest BCUT2D eigenvalue weighted by Crippen LogP contribution is -1.68. The minimum Gasteiger partial charge on any atom is -0.303 e. The molecule has 0 aliphatic rings. The van der Waals surface area contributed by atoms with Crippen LogP contribution in [0.1, 0.15) is 32.6 Å². The first kappa shape index (κ1) is 14.1. The Balaban J connectivity index is 0. The first-order valence-corrected chi connectivity index (χ1v) is 5.13. The molecular formula is C6H14NO4P. The highest BCUT2D eigenvalue weighted by molar-refractivity contribution is 7.45. The predicted octanol–water partition coefficient (Wildman–Crippen LogP) is 1.16. The lowest BCUT2D eigenvalue weighted by Gasteiger charge is -1.84.